The van der Waals surface area contributed by atoms with Crippen LogP contribution in [0.25, 0.3) is 10.9 Å². The topological polar surface area (TPSA) is 65.2 Å². The number of aromatic nitrogens is 1. The first kappa shape index (κ1) is 20.2. The average molecular weight is 364 g/mol. The zero-order valence-corrected chi connectivity index (χ0v) is 15.8. The molecule has 1 aromatic heterocycles. The first-order valence-corrected chi connectivity index (χ1v) is 8.62. The monoisotopic (exact) mass is 364 g/mol. The van der Waals surface area contributed by atoms with Gasteiger partial charge in [0.15, 0.2) is 0 Å². The Labute approximate surface area is 152 Å². The SMILES string of the molecule is CC(C)OC(=O)C(N)(CC(C)(C)C)c1ccc2nc(C(F)F)ccc2c1. The van der Waals surface area contributed by atoms with E-state index in [1.54, 1.807) is 38.1 Å². The van der Waals surface area contributed by atoms with Gasteiger partial charge in [-0.1, -0.05) is 32.9 Å². The number of hydrogen-bond donors (Lipinski definition) is 1. The van der Waals surface area contributed by atoms with Crippen LogP contribution in [-0.2, 0) is 15.1 Å². The molecular formula is C20H26F2N2O2. The van der Waals surface area contributed by atoms with Crippen LogP contribution in [0.2, 0.25) is 0 Å². The fourth-order valence-corrected chi connectivity index (χ4v) is 2.99. The van der Waals surface area contributed by atoms with Crippen molar-refractivity contribution in [3.8, 4) is 0 Å². The van der Waals surface area contributed by atoms with Gasteiger partial charge in [0, 0.05) is 5.39 Å². The Morgan fingerprint density at radius 2 is 1.85 bits per heavy atom. The van der Waals surface area contributed by atoms with Gasteiger partial charge in [0.1, 0.15) is 11.2 Å². The number of carbonyl (C=O) groups is 1. The lowest BCUT2D eigenvalue weighted by molar-refractivity contribution is -0.156. The molecule has 1 atom stereocenters. The first-order valence-electron chi connectivity index (χ1n) is 8.62. The molecule has 0 fully saturated rings. The predicted octanol–water partition coefficient (Wildman–Crippen LogP) is 4.71. The number of rotatable bonds is 5. The van der Waals surface area contributed by atoms with Gasteiger partial charge in [-0.15, -0.1) is 0 Å². The van der Waals surface area contributed by atoms with Crippen LogP contribution >= 0.6 is 0 Å². The Morgan fingerprint density at radius 3 is 2.38 bits per heavy atom. The average Bonchev–Trinajstić information content (AvgIpc) is 2.51. The highest BCUT2D eigenvalue weighted by atomic mass is 19.3. The van der Waals surface area contributed by atoms with Crippen LogP contribution in [0.15, 0.2) is 30.3 Å². The molecule has 0 spiro atoms. The second-order valence-corrected chi connectivity index (χ2v) is 8.11. The maximum atomic E-state index is 12.8. The molecule has 26 heavy (non-hydrogen) atoms. The Hall–Kier alpha value is -2.08. The minimum absolute atomic E-state index is 0.225. The third-order valence-corrected chi connectivity index (χ3v) is 3.97. The zero-order chi connectivity index (χ0) is 19.7. The number of pyridine rings is 1. The van der Waals surface area contributed by atoms with E-state index in [0.717, 1.165) is 0 Å². The predicted molar refractivity (Wildman–Crippen MR) is 97.9 cm³/mol. The van der Waals surface area contributed by atoms with Gasteiger partial charge in [0.25, 0.3) is 6.43 Å². The number of halogens is 2. The van der Waals surface area contributed by atoms with E-state index in [4.69, 9.17) is 10.5 Å². The van der Waals surface area contributed by atoms with Gasteiger partial charge in [-0.3, -0.25) is 0 Å². The summed E-state index contributed by atoms with van der Waals surface area (Å²) in [5, 5.41) is 0.646. The van der Waals surface area contributed by atoms with Crippen LogP contribution in [0.5, 0.6) is 0 Å². The van der Waals surface area contributed by atoms with E-state index in [1.807, 2.05) is 20.8 Å². The largest absolute Gasteiger partial charge is 0.461 e. The highest BCUT2D eigenvalue weighted by Crippen LogP contribution is 2.35. The molecule has 142 valence electrons. The van der Waals surface area contributed by atoms with E-state index in [1.165, 1.54) is 6.07 Å². The van der Waals surface area contributed by atoms with Crippen molar-refractivity contribution >= 4 is 16.9 Å². The second-order valence-electron chi connectivity index (χ2n) is 8.11. The number of alkyl halides is 2. The van der Waals surface area contributed by atoms with Crippen LogP contribution in [0.4, 0.5) is 8.78 Å². The van der Waals surface area contributed by atoms with Crippen LogP contribution in [0.3, 0.4) is 0 Å². The first-order chi connectivity index (χ1) is 11.9. The Morgan fingerprint density at radius 1 is 1.19 bits per heavy atom. The molecule has 2 aromatic rings. The molecule has 0 aliphatic carbocycles. The Kier molecular flexibility index (Phi) is 5.66. The quantitative estimate of drug-likeness (QED) is 0.780. The minimum atomic E-state index is -2.63. The Bertz CT molecular complexity index is 800. The van der Waals surface area contributed by atoms with Crippen molar-refractivity contribution in [1.29, 1.82) is 0 Å². The lowest BCUT2D eigenvalue weighted by Crippen LogP contribution is -2.49. The van der Waals surface area contributed by atoms with Crippen molar-refractivity contribution < 1.29 is 18.3 Å². The highest BCUT2D eigenvalue weighted by molar-refractivity contribution is 5.86. The van der Waals surface area contributed by atoms with Gasteiger partial charge in [0.05, 0.1) is 11.6 Å². The summed E-state index contributed by atoms with van der Waals surface area (Å²) in [5.41, 5.74) is 5.73. The van der Waals surface area contributed by atoms with Crippen molar-refractivity contribution in [2.75, 3.05) is 0 Å². The van der Waals surface area contributed by atoms with E-state index in [2.05, 4.69) is 4.98 Å². The molecule has 0 saturated carbocycles. The normalized spacial score (nSPS) is 14.7. The van der Waals surface area contributed by atoms with Crippen molar-refractivity contribution in [3.05, 3.63) is 41.6 Å². The fraction of sp³-hybridized carbons (Fsp3) is 0.500. The van der Waals surface area contributed by atoms with E-state index in [9.17, 15) is 13.6 Å². The summed E-state index contributed by atoms with van der Waals surface area (Å²) < 4.78 is 31.1. The molecule has 2 rings (SSSR count). The second kappa shape index (κ2) is 7.27. The van der Waals surface area contributed by atoms with E-state index in [0.29, 0.717) is 22.9 Å². The molecule has 1 aromatic carbocycles. The molecule has 0 saturated heterocycles. The molecule has 1 heterocycles. The maximum absolute atomic E-state index is 12.8. The molecule has 0 aliphatic rings. The van der Waals surface area contributed by atoms with Gasteiger partial charge in [-0.05, 0) is 49.4 Å². The molecule has 4 nitrogen and oxygen atoms in total. The number of benzene rings is 1. The molecule has 0 aliphatic heterocycles. The number of esters is 1. The summed E-state index contributed by atoms with van der Waals surface area (Å²) in [6, 6.07) is 7.86. The zero-order valence-electron chi connectivity index (χ0n) is 15.8. The third kappa shape index (κ3) is 4.55. The molecular weight excluding hydrogens is 338 g/mol. The number of nitrogens with zero attached hydrogens (tertiary/aromatic N) is 1. The molecule has 0 radical (unpaired) electrons. The lowest BCUT2D eigenvalue weighted by atomic mass is 9.76. The van der Waals surface area contributed by atoms with E-state index in [-0.39, 0.29) is 17.2 Å². The van der Waals surface area contributed by atoms with Gasteiger partial charge in [0.2, 0.25) is 0 Å². The van der Waals surface area contributed by atoms with E-state index < -0.39 is 17.9 Å². The van der Waals surface area contributed by atoms with Gasteiger partial charge >= 0.3 is 5.97 Å². The molecule has 1 unspecified atom stereocenters. The molecule has 2 N–H and O–H groups in total. The Balaban J connectivity index is 2.53. The summed E-state index contributed by atoms with van der Waals surface area (Å²) in [6.45, 7) is 9.52. The summed E-state index contributed by atoms with van der Waals surface area (Å²) in [5.74, 6) is -0.501. The summed E-state index contributed by atoms with van der Waals surface area (Å²) in [7, 11) is 0. The third-order valence-electron chi connectivity index (χ3n) is 3.97. The maximum Gasteiger partial charge on any atom is 0.331 e. The van der Waals surface area contributed by atoms with Crippen LogP contribution < -0.4 is 5.73 Å². The number of fused-ring (bicyclic) bond motifs is 1. The molecule has 0 amide bonds. The smallest absolute Gasteiger partial charge is 0.331 e. The van der Waals surface area contributed by atoms with Crippen LogP contribution in [0, 0.1) is 5.41 Å². The summed E-state index contributed by atoms with van der Waals surface area (Å²) >= 11 is 0. The van der Waals surface area contributed by atoms with Crippen molar-refractivity contribution in [2.45, 2.75) is 59.1 Å². The van der Waals surface area contributed by atoms with Gasteiger partial charge in [-0.2, -0.15) is 0 Å². The number of ether oxygens (including phenoxy) is 1. The van der Waals surface area contributed by atoms with Gasteiger partial charge in [-0.25, -0.2) is 18.6 Å². The summed E-state index contributed by atoms with van der Waals surface area (Å²) in [4.78, 5) is 16.7. The number of carbonyl (C=O) groups excluding carboxylic acids is 1. The summed E-state index contributed by atoms with van der Waals surface area (Å²) in [6.07, 6.45) is -2.55. The number of nitrogens with two attached hydrogens (primary N) is 1. The van der Waals surface area contributed by atoms with Crippen LogP contribution in [-0.4, -0.2) is 17.1 Å². The number of hydrogen-bond acceptors (Lipinski definition) is 4. The van der Waals surface area contributed by atoms with Crippen molar-refractivity contribution in [2.24, 2.45) is 11.1 Å². The lowest BCUT2D eigenvalue weighted by Gasteiger charge is -2.34. The highest BCUT2D eigenvalue weighted by Gasteiger charge is 2.41. The van der Waals surface area contributed by atoms with E-state index >= 15 is 0 Å². The van der Waals surface area contributed by atoms with Crippen molar-refractivity contribution in [3.63, 3.8) is 0 Å². The van der Waals surface area contributed by atoms with Crippen molar-refractivity contribution in [1.82, 2.24) is 4.98 Å². The standard InChI is InChI=1S/C20H26F2N2O2/c1-12(2)26-18(25)20(23,11-19(3,4)5)14-7-9-15-13(10-14)6-8-16(24-15)17(21)22/h6-10,12,17H,11,23H2,1-5H3. The molecule has 6 heteroatoms. The molecule has 0 bridgehead atoms. The fourth-order valence-electron chi connectivity index (χ4n) is 2.99. The van der Waals surface area contributed by atoms with Crippen LogP contribution in [0.1, 0.15) is 58.7 Å². The van der Waals surface area contributed by atoms with Gasteiger partial charge < -0.3 is 10.5 Å². The minimum Gasteiger partial charge on any atom is -0.461 e.